The molecule has 0 bridgehead atoms. The predicted octanol–water partition coefficient (Wildman–Crippen LogP) is 5.21. The second kappa shape index (κ2) is 9.15. The molecule has 2 N–H and O–H groups in total. The molecule has 0 aliphatic carbocycles. The molecule has 172 valence electrons. The van der Waals surface area contributed by atoms with Crippen LogP contribution in [0, 0.1) is 0 Å². The molecule has 1 aromatic heterocycles. The monoisotopic (exact) mass is 464 g/mol. The van der Waals surface area contributed by atoms with Crippen LogP contribution in [0.3, 0.4) is 0 Å². The second-order valence-electron chi connectivity index (χ2n) is 7.88. The van der Waals surface area contributed by atoms with Gasteiger partial charge in [0.05, 0.1) is 17.3 Å². The molecule has 1 atom stereocenters. The highest BCUT2D eigenvalue weighted by molar-refractivity contribution is 6.51. The van der Waals surface area contributed by atoms with Gasteiger partial charge in [-0.15, -0.1) is 0 Å². The van der Waals surface area contributed by atoms with Crippen molar-refractivity contribution in [1.29, 1.82) is 0 Å². The van der Waals surface area contributed by atoms with Gasteiger partial charge >= 0.3 is 0 Å². The van der Waals surface area contributed by atoms with Crippen LogP contribution in [0.5, 0.6) is 17.2 Å². The lowest BCUT2D eigenvalue weighted by Crippen LogP contribution is -2.29. The third kappa shape index (κ3) is 4.11. The van der Waals surface area contributed by atoms with E-state index in [9.17, 15) is 19.8 Å². The quantitative estimate of drug-likeness (QED) is 0.239. The fraction of sp³-hybridized carbons (Fsp3) is 0.0357. The largest absolute Gasteiger partial charge is 0.507 e. The number of aromatic hydroxyl groups is 1. The number of Topliss-reactive ketones (excluding diaryl/α,β-unsaturated/α-hetero) is 1. The number of rotatable bonds is 5. The smallest absolute Gasteiger partial charge is 0.300 e. The highest BCUT2D eigenvalue weighted by Crippen LogP contribution is 2.45. The van der Waals surface area contributed by atoms with E-state index < -0.39 is 17.7 Å². The Morgan fingerprint density at radius 3 is 2.26 bits per heavy atom. The Hall–Kier alpha value is -4.91. The highest BCUT2D eigenvalue weighted by atomic mass is 16.5. The zero-order chi connectivity index (χ0) is 24.4. The third-order valence-electron chi connectivity index (χ3n) is 5.69. The number of carbonyl (C=O) groups excluding carboxylic acids is 2. The van der Waals surface area contributed by atoms with Crippen molar-refractivity contribution >= 4 is 23.1 Å². The molecule has 2 heterocycles. The first kappa shape index (κ1) is 21.9. The van der Waals surface area contributed by atoms with Crippen LogP contribution in [-0.4, -0.2) is 26.9 Å². The molecular formula is C28H20N2O5. The molecule has 1 aliphatic rings. The number of hydrogen-bond donors (Lipinski definition) is 2. The molecule has 1 aliphatic heterocycles. The Balaban J connectivity index is 1.68. The molecule has 0 spiro atoms. The molecule has 35 heavy (non-hydrogen) atoms. The molecule has 0 saturated carbocycles. The average Bonchev–Trinajstić information content (AvgIpc) is 3.15. The maximum Gasteiger partial charge on any atom is 0.300 e. The van der Waals surface area contributed by atoms with Crippen LogP contribution in [-0.2, 0) is 9.59 Å². The van der Waals surface area contributed by atoms with Gasteiger partial charge in [0.1, 0.15) is 23.0 Å². The lowest BCUT2D eigenvalue weighted by Gasteiger charge is -2.26. The Kier molecular flexibility index (Phi) is 5.73. The summed E-state index contributed by atoms with van der Waals surface area (Å²) in [5.74, 6) is -1.11. The number of para-hydroxylation sites is 3. The first-order valence-electron chi connectivity index (χ1n) is 10.9. The summed E-state index contributed by atoms with van der Waals surface area (Å²) in [5, 5.41) is 21.7. The molecule has 7 nitrogen and oxygen atoms in total. The van der Waals surface area contributed by atoms with Gasteiger partial charge in [-0.25, -0.2) is 0 Å². The Labute approximate surface area is 201 Å². The van der Waals surface area contributed by atoms with Gasteiger partial charge in [-0.3, -0.25) is 19.5 Å². The zero-order valence-electron chi connectivity index (χ0n) is 18.4. The van der Waals surface area contributed by atoms with E-state index in [1.54, 1.807) is 54.6 Å². The van der Waals surface area contributed by atoms with E-state index >= 15 is 0 Å². The van der Waals surface area contributed by atoms with E-state index in [-0.39, 0.29) is 22.8 Å². The van der Waals surface area contributed by atoms with E-state index in [1.165, 1.54) is 23.4 Å². The summed E-state index contributed by atoms with van der Waals surface area (Å²) in [6.07, 6.45) is 2.97. The maximum absolute atomic E-state index is 13.2. The fourth-order valence-corrected chi connectivity index (χ4v) is 4.10. The van der Waals surface area contributed by atoms with Crippen molar-refractivity contribution in [1.82, 2.24) is 4.98 Å². The van der Waals surface area contributed by atoms with Crippen LogP contribution in [0.25, 0.3) is 5.76 Å². The second-order valence-corrected chi connectivity index (χ2v) is 7.88. The molecule has 1 unspecified atom stereocenters. The van der Waals surface area contributed by atoms with Gasteiger partial charge in [-0.1, -0.05) is 42.5 Å². The van der Waals surface area contributed by atoms with Crippen LogP contribution in [0.1, 0.15) is 17.2 Å². The topological polar surface area (TPSA) is 100.0 Å². The summed E-state index contributed by atoms with van der Waals surface area (Å²) in [6.45, 7) is 0. The number of ketones is 1. The van der Waals surface area contributed by atoms with Crippen molar-refractivity contribution in [3.05, 3.63) is 120 Å². The van der Waals surface area contributed by atoms with Gasteiger partial charge < -0.3 is 14.9 Å². The van der Waals surface area contributed by atoms with Crippen molar-refractivity contribution in [2.45, 2.75) is 6.04 Å². The Bertz CT molecular complexity index is 1430. The van der Waals surface area contributed by atoms with Crippen LogP contribution >= 0.6 is 0 Å². The number of hydrogen-bond acceptors (Lipinski definition) is 6. The molecule has 1 fully saturated rings. The number of benzene rings is 3. The molecule has 5 rings (SSSR count). The fourth-order valence-electron chi connectivity index (χ4n) is 4.10. The van der Waals surface area contributed by atoms with Crippen LogP contribution in [0.4, 0.5) is 5.69 Å². The van der Waals surface area contributed by atoms with E-state index in [1.807, 2.05) is 30.3 Å². The Morgan fingerprint density at radius 1 is 0.829 bits per heavy atom. The van der Waals surface area contributed by atoms with Crippen LogP contribution in [0.15, 0.2) is 109 Å². The van der Waals surface area contributed by atoms with Crippen LogP contribution < -0.4 is 9.64 Å². The number of carbonyl (C=O) groups is 2. The molecule has 1 saturated heterocycles. The van der Waals surface area contributed by atoms with Gasteiger partial charge in [-0.05, 0) is 54.1 Å². The minimum absolute atomic E-state index is 0.0960. The molecule has 7 heteroatoms. The number of pyridine rings is 1. The normalized spacial score (nSPS) is 16.9. The summed E-state index contributed by atoms with van der Waals surface area (Å²) in [5.41, 5.74) is 0.928. The number of nitrogens with zero attached hydrogens (tertiary/aromatic N) is 2. The standard InChI is InChI=1S/C28H20N2O5/c31-23-12-5-4-11-22(23)30-25(19-7-6-10-21(17-19)35-20-8-2-1-3-9-20)24(27(33)28(30)34)26(32)18-13-15-29-16-14-18/h1-17,25,31-32H/b26-24-. The van der Waals surface area contributed by atoms with Crippen molar-refractivity contribution in [3.63, 3.8) is 0 Å². The Morgan fingerprint density at radius 2 is 1.51 bits per heavy atom. The summed E-state index contributed by atoms with van der Waals surface area (Å²) >= 11 is 0. The summed E-state index contributed by atoms with van der Waals surface area (Å²) in [4.78, 5) is 31.6. The SMILES string of the molecule is O=C1C(=O)N(c2ccccc2O)C(c2cccc(Oc3ccccc3)c2)/C1=C(/O)c1ccncc1. The number of phenols is 1. The van der Waals surface area contributed by atoms with Gasteiger partial charge in [0.25, 0.3) is 11.7 Å². The van der Waals surface area contributed by atoms with Gasteiger partial charge in [0.15, 0.2) is 0 Å². The number of phenolic OH excluding ortho intramolecular Hbond substituents is 1. The lowest BCUT2D eigenvalue weighted by atomic mass is 9.95. The van der Waals surface area contributed by atoms with E-state index in [0.717, 1.165) is 0 Å². The van der Waals surface area contributed by atoms with Gasteiger partial charge in [0.2, 0.25) is 0 Å². The van der Waals surface area contributed by atoms with Gasteiger partial charge in [0, 0.05) is 18.0 Å². The predicted molar refractivity (Wildman–Crippen MR) is 130 cm³/mol. The van der Waals surface area contributed by atoms with E-state index in [4.69, 9.17) is 4.74 Å². The molecular weight excluding hydrogens is 444 g/mol. The first-order chi connectivity index (χ1) is 17.0. The van der Waals surface area contributed by atoms with Crippen molar-refractivity contribution in [2.75, 3.05) is 4.90 Å². The number of aromatic nitrogens is 1. The summed E-state index contributed by atoms with van der Waals surface area (Å²) < 4.78 is 5.95. The number of ether oxygens (including phenoxy) is 1. The van der Waals surface area contributed by atoms with Crippen molar-refractivity contribution in [3.8, 4) is 17.2 Å². The third-order valence-corrected chi connectivity index (χ3v) is 5.69. The van der Waals surface area contributed by atoms with Gasteiger partial charge in [-0.2, -0.15) is 0 Å². The summed E-state index contributed by atoms with van der Waals surface area (Å²) in [6, 6.07) is 24.5. The molecule has 0 radical (unpaired) electrons. The first-order valence-corrected chi connectivity index (χ1v) is 10.9. The number of aliphatic hydroxyl groups is 1. The zero-order valence-corrected chi connectivity index (χ0v) is 18.4. The summed E-state index contributed by atoms with van der Waals surface area (Å²) in [7, 11) is 0. The molecule has 1 amide bonds. The highest BCUT2D eigenvalue weighted by Gasteiger charge is 2.47. The van der Waals surface area contributed by atoms with Crippen molar-refractivity contribution < 1.29 is 24.5 Å². The number of amides is 1. The van der Waals surface area contributed by atoms with E-state index in [2.05, 4.69) is 4.98 Å². The number of anilines is 1. The van der Waals surface area contributed by atoms with Crippen molar-refractivity contribution in [2.24, 2.45) is 0 Å². The number of aliphatic hydroxyl groups excluding tert-OH is 1. The molecule has 3 aromatic carbocycles. The molecule has 4 aromatic rings. The van der Waals surface area contributed by atoms with Crippen LogP contribution in [0.2, 0.25) is 0 Å². The minimum atomic E-state index is -1.00. The lowest BCUT2D eigenvalue weighted by molar-refractivity contribution is -0.132. The maximum atomic E-state index is 13.2. The van der Waals surface area contributed by atoms with E-state index in [0.29, 0.717) is 22.6 Å². The minimum Gasteiger partial charge on any atom is -0.507 e. The average molecular weight is 464 g/mol.